The fraction of sp³-hybridized carbons (Fsp3) is 0.714. The van der Waals surface area contributed by atoms with E-state index in [9.17, 15) is 0 Å². The number of hydrogen-bond donors (Lipinski definition) is 0. The van der Waals surface area contributed by atoms with Crippen LogP contribution in [0.3, 0.4) is 0 Å². The van der Waals surface area contributed by atoms with Crippen molar-refractivity contribution in [1.82, 2.24) is 14.8 Å². The van der Waals surface area contributed by atoms with Crippen molar-refractivity contribution in [2.24, 2.45) is 13.0 Å². The van der Waals surface area contributed by atoms with Crippen LogP contribution in [0.1, 0.15) is 19.7 Å². The van der Waals surface area contributed by atoms with Crippen LogP contribution in [0, 0.1) is 5.92 Å². The van der Waals surface area contributed by atoms with Gasteiger partial charge in [0.2, 0.25) is 0 Å². The lowest BCUT2D eigenvalue weighted by atomic mass is 10.1. The summed E-state index contributed by atoms with van der Waals surface area (Å²) < 4.78 is 1.73. The third kappa shape index (κ3) is 1.83. The first-order valence-corrected chi connectivity index (χ1v) is 3.53. The molecule has 0 fully saturated rings. The molecule has 0 aromatic carbocycles. The topological polar surface area (TPSA) is 30.7 Å². The van der Waals surface area contributed by atoms with Crippen LogP contribution in [0.5, 0.6) is 0 Å². The first kappa shape index (κ1) is 7.25. The van der Waals surface area contributed by atoms with E-state index in [-0.39, 0.29) is 0 Å². The highest BCUT2D eigenvalue weighted by Crippen LogP contribution is 2.00. The Morgan fingerprint density at radius 3 is 2.70 bits per heavy atom. The van der Waals surface area contributed by atoms with Crippen molar-refractivity contribution in [3.63, 3.8) is 0 Å². The van der Waals surface area contributed by atoms with Gasteiger partial charge in [-0.15, -0.1) is 0 Å². The molecule has 0 saturated heterocycles. The highest BCUT2D eigenvalue weighted by molar-refractivity contribution is 4.81. The van der Waals surface area contributed by atoms with E-state index in [1.807, 2.05) is 7.05 Å². The van der Waals surface area contributed by atoms with Crippen molar-refractivity contribution in [2.45, 2.75) is 20.3 Å². The number of aromatic nitrogens is 3. The van der Waals surface area contributed by atoms with Crippen molar-refractivity contribution in [1.29, 1.82) is 0 Å². The van der Waals surface area contributed by atoms with E-state index in [0.717, 1.165) is 12.2 Å². The van der Waals surface area contributed by atoms with Gasteiger partial charge in [-0.2, -0.15) is 5.10 Å². The summed E-state index contributed by atoms with van der Waals surface area (Å²) in [4.78, 5) is 4.11. The van der Waals surface area contributed by atoms with Crippen molar-refractivity contribution >= 4 is 0 Å². The molecule has 0 unspecified atom stereocenters. The van der Waals surface area contributed by atoms with Gasteiger partial charge in [-0.25, -0.2) is 4.98 Å². The van der Waals surface area contributed by atoms with Gasteiger partial charge in [-0.05, 0) is 5.92 Å². The van der Waals surface area contributed by atoms with Crippen LogP contribution in [-0.4, -0.2) is 14.8 Å². The fourth-order valence-corrected chi connectivity index (χ4v) is 0.843. The van der Waals surface area contributed by atoms with E-state index in [4.69, 9.17) is 0 Å². The summed E-state index contributed by atoms with van der Waals surface area (Å²) in [6, 6.07) is 0. The molecule has 0 atom stereocenters. The average molecular weight is 139 g/mol. The molecule has 0 aliphatic heterocycles. The zero-order valence-corrected chi connectivity index (χ0v) is 6.70. The molecule has 0 bridgehead atoms. The number of nitrogens with zero attached hydrogens (tertiary/aromatic N) is 3. The summed E-state index contributed by atoms with van der Waals surface area (Å²) in [5.41, 5.74) is 0. The molecule has 3 heteroatoms. The molecule has 0 saturated carbocycles. The Morgan fingerprint density at radius 2 is 2.30 bits per heavy atom. The van der Waals surface area contributed by atoms with Crippen LogP contribution in [0.4, 0.5) is 0 Å². The Hall–Kier alpha value is -0.860. The molecule has 0 N–H and O–H groups in total. The Morgan fingerprint density at radius 1 is 1.60 bits per heavy atom. The maximum atomic E-state index is 4.16. The van der Waals surface area contributed by atoms with Crippen LogP contribution >= 0.6 is 0 Å². The summed E-state index contributed by atoms with van der Waals surface area (Å²) in [5, 5.41) is 4.16. The van der Waals surface area contributed by atoms with Gasteiger partial charge >= 0.3 is 0 Å². The molecule has 1 aromatic rings. The second-order valence-electron chi connectivity index (χ2n) is 2.93. The maximum Gasteiger partial charge on any atom is 0.150 e. The van der Waals surface area contributed by atoms with E-state index in [2.05, 4.69) is 23.9 Å². The Bertz CT molecular complexity index is 202. The molecule has 0 radical (unpaired) electrons. The minimum Gasteiger partial charge on any atom is -0.256 e. The second-order valence-corrected chi connectivity index (χ2v) is 2.93. The molecule has 0 aliphatic rings. The highest BCUT2D eigenvalue weighted by Gasteiger charge is 2.00. The van der Waals surface area contributed by atoms with Crippen LogP contribution in [0.2, 0.25) is 0 Å². The minimum atomic E-state index is 0.641. The third-order valence-corrected chi connectivity index (χ3v) is 1.24. The number of rotatable bonds is 2. The van der Waals surface area contributed by atoms with Crippen molar-refractivity contribution in [3.8, 4) is 0 Å². The van der Waals surface area contributed by atoms with Crippen LogP contribution in [0.25, 0.3) is 0 Å². The quantitative estimate of drug-likeness (QED) is 0.612. The largest absolute Gasteiger partial charge is 0.256 e. The van der Waals surface area contributed by atoms with Crippen LogP contribution in [0.15, 0.2) is 6.33 Å². The number of hydrogen-bond acceptors (Lipinski definition) is 2. The van der Waals surface area contributed by atoms with Crippen molar-refractivity contribution in [3.05, 3.63) is 12.2 Å². The first-order chi connectivity index (χ1) is 4.68. The van der Waals surface area contributed by atoms with E-state index in [1.54, 1.807) is 11.0 Å². The minimum absolute atomic E-state index is 0.641. The summed E-state index contributed by atoms with van der Waals surface area (Å²) in [7, 11) is 1.89. The third-order valence-electron chi connectivity index (χ3n) is 1.24. The summed E-state index contributed by atoms with van der Waals surface area (Å²) in [5.74, 6) is 1.58. The number of aryl methyl sites for hydroxylation is 1. The van der Waals surface area contributed by atoms with Gasteiger partial charge in [-0.3, -0.25) is 4.68 Å². The van der Waals surface area contributed by atoms with Gasteiger partial charge in [0.05, 0.1) is 0 Å². The Labute approximate surface area is 61.1 Å². The molecule has 56 valence electrons. The fourth-order valence-electron chi connectivity index (χ4n) is 0.843. The van der Waals surface area contributed by atoms with E-state index in [1.165, 1.54) is 0 Å². The lowest BCUT2D eigenvalue weighted by Crippen LogP contribution is -1.97. The van der Waals surface area contributed by atoms with Crippen LogP contribution in [-0.2, 0) is 13.5 Å². The summed E-state index contributed by atoms with van der Waals surface area (Å²) >= 11 is 0. The van der Waals surface area contributed by atoms with E-state index < -0.39 is 0 Å². The SMILES string of the molecule is CC(C)Cc1ncn(C)n1. The first-order valence-electron chi connectivity index (χ1n) is 3.53. The molecule has 1 aromatic heterocycles. The predicted molar refractivity (Wildman–Crippen MR) is 39.5 cm³/mol. The van der Waals surface area contributed by atoms with Crippen molar-refractivity contribution < 1.29 is 0 Å². The molecule has 10 heavy (non-hydrogen) atoms. The van der Waals surface area contributed by atoms with Gasteiger partial charge in [0.1, 0.15) is 6.33 Å². The van der Waals surface area contributed by atoms with Crippen molar-refractivity contribution in [2.75, 3.05) is 0 Å². The summed E-state index contributed by atoms with van der Waals surface area (Å²) in [6.07, 6.45) is 2.71. The molecule has 1 rings (SSSR count). The molecule has 0 aliphatic carbocycles. The molecular weight excluding hydrogens is 126 g/mol. The molecule has 0 spiro atoms. The zero-order chi connectivity index (χ0) is 7.56. The van der Waals surface area contributed by atoms with Gasteiger partial charge < -0.3 is 0 Å². The predicted octanol–water partition coefficient (Wildman–Crippen LogP) is 1.01. The van der Waals surface area contributed by atoms with Gasteiger partial charge in [0.15, 0.2) is 5.82 Å². The monoisotopic (exact) mass is 139 g/mol. The normalized spacial score (nSPS) is 10.8. The second kappa shape index (κ2) is 2.82. The standard InChI is InChI=1S/C7H13N3/c1-6(2)4-7-8-5-10(3)9-7/h5-6H,4H2,1-3H3. The molecule has 3 nitrogen and oxygen atoms in total. The van der Waals surface area contributed by atoms with Gasteiger partial charge in [0, 0.05) is 13.5 Å². The van der Waals surface area contributed by atoms with Crippen LogP contribution < -0.4 is 0 Å². The summed E-state index contributed by atoms with van der Waals surface area (Å²) in [6.45, 7) is 4.33. The lowest BCUT2D eigenvalue weighted by molar-refractivity contribution is 0.613. The maximum absolute atomic E-state index is 4.16. The van der Waals surface area contributed by atoms with Gasteiger partial charge in [-0.1, -0.05) is 13.8 Å². The van der Waals surface area contributed by atoms with E-state index >= 15 is 0 Å². The average Bonchev–Trinajstić information content (AvgIpc) is 2.13. The Balaban J connectivity index is 2.58. The highest BCUT2D eigenvalue weighted by atomic mass is 15.3. The Kier molecular flexibility index (Phi) is 2.04. The smallest absolute Gasteiger partial charge is 0.150 e. The van der Waals surface area contributed by atoms with Gasteiger partial charge in [0.25, 0.3) is 0 Å². The molecular formula is C7H13N3. The lowest BCUT2D eigenvalue weighted by Gasteiger charge is -1.96. The van der Waals surface area contributed by atoms with E-state index in [0.29, 0.717) is 5.92 Å². The molecule has 1 heterocycles. The zero-order valence-electron chi connectivity index (χ0n) is 6.70. The molecule has 0 amide bonds.